The molecule has 1 aromatic heterocycles. The van der Waals surface area contributed by atoms with Gasteiger partial charge in [-0.25, -0.2) is 4.98 Å². The van der Waals surface area contributed by atoms with Crippen molar-refractivity contribution in [3.05, 3.63) is 29.0 Å². The summed E-state index contributed by atoms with van der Waals surface area (Å²) >= 11 is 12.1. The highest BCUT2D eigenvalue weighted by Gasteiger charge is 2.15. The molecule has 0 bridgehead atoms. The number of imidazole rings is 1. The molecule has 2 aromatic rings. The molecule has 0 aliphatic carbocycles. The molecule has 0 radical (unpaired) electrons. The lowest BCUT2D eigenvalue weighted by molar-refractivity contribution is -0.121. The minimum atomic E-state index is -0.0428. The number of halogens is 2. The summed E-state index contributed by atoms with van der Waals surface area (Å²) in [5.74, 6) is 1.61. The van der Waals surface area contributed by atoms with Gasteiger partial charge in [0.05, 0.1) is 16.1 Å². The summed E-state index contributed by atoms with van der Waals surface area (Å²) in [5.41, 5.74) is 1.58. The van der Waals surface area contributed by atoms with Crippen LogP contribution < -0.4 is 5.32 Å². The smallest absolute Gasteiger partial charge is 0.240 e. The van der Waals surface area contributed by atoms with Crippen LogP contribution in [0.4, 0.5) is 0 Å². The zero-order chi connectivity index (χ0) is 15.4. The highest BCUT2D eigenvalue weighted by Crippen LogP contribution is 2.25. The standard InChI is InChI=1S/C15H19Cl2N3O/c1-10(2)8-18-14(21)9-20-13(6-7-16)19-12-5-3-4-11(17)15(12)20/h3-5,10H,6-9H2,1-2H3,(H,18,21). The van der Waals surface area contributed by atoms with Crippen LogP contribution in [0.5, 0.6) is 0 Å². The maximum atomic E-state index is 12.1. The summed E-state index contributed by atoms with van der Waals surface area (Å²) in [4.78, 5) is 16.6. The quantitative estimate of drug-likeness (QED) is 0.828. The van der Waals surface area contributed by atoms with E-state index >= 15 is 0 Å². The van der Waals surface area contributed by atoms with Crippen LogP contribution in [-0.2, 0) is 17.8 Å². The number of nitrogens with one attached hydrogen (secondary N) is 1. The maximum absolute atomic E-state index is 12.1. The minimum Gasteiger partial charge on any atom is -0.354 e. The van der Waals surface area contributed by atoms with E-state index in [4.69, 9.17) is 23.2 Å². The molecular formula is C15H19Cl2N3O. The topological polar surface area (TPSA) is 46.9 Å². The Morgan fingerprint density at radius 2 is 2.19 bits per heavy atom. The number of fused-ring (bicyclic) bond motifs is 1. The van der Waals surface area contributed by atoms with Crippen LogP contribution in [0.1, 0.15) is 19.7 Å². The zero-order valence-electron chi connectivity index (χ0n) is 12.2. The highest BCUT2D eigenvalue weighted by molar-refractivity contribution is 6.35. The van der Waals surface area contributed by atoms with E-state index in [-0.39, 0.29) is 12.5 Å². The SMILES string of the molecule is CC(C)CNC(=O)Cn1c(CCCl)nc2cccc(Cl)c21. The molecule has 114 valence electrons. The summed E-state index contributed by atoms with van der Waals surface area (Å²) in [7, 11) is 0. The van der Waals surface area contributed by atoms with Gasteiger partial charge in [0.25, 0.3) is 0 Å². The molecule has 21 heavy (non-hydrogen) atoms. The molecule has 0 fully saturated rings. The van der Waals surface area contributed by atoms with Gasteiger partial charge in [0.1, 0.15) is 12.4 Å². The number of alkyl halides is 1. The molecule has 2 rings (SSSR count). The van der Waals surface area contributed by atoms with Gasteiger partial charge >= 0.3 is 0 Å². The molecule has 1 heterocycles. The predicted octanol–water partition coefficient (Wildman–Crippen LogP) is 3.24. The summed E-state index contributed by atoms with van der Waals surface area (Å²) in [6, 6.07) is 5.55. The van der Waals surface area contributed by atoms with E-state index in [0.717, 1.165) is 16.9 Å². The van der Waals surface area contributed by atoms with Crippen LogP contribution >= 0.6 is 23.2 Å². The normalized spacial score (nSPS) is 11.3. The average molecular weight is 328 g/mol. The van der Waals surface area contributed by atoms with E-state index < -0.39 is 0 Å². The molecule has 0 spiro atoms. The second kappa shape index (κ2) is 7.14. The third-order valence-electron chi connectivity index (χ3n) is 3.12. The first-order valence-corrected chi connectivity index (χ1v) is 7.90. The monoisotopic (exact) mass is 327 g/mol. The van der Waals surface area contributed by atoms with Crippen LogP contribution in [0.15, 0.2) is 18.2 Å². The number of benzene rings is 1. The van der Waals surface area contributed by atoms with Crippen LogP contribution in [-0.4, -0.2) is 27.9 Å². The van der Waals surface area contributed by atoms with Crippen molar-refractivity contribution in [1.29, 1.82) is 0 Å². The highest BCUT2D eigenvalue weighted by atomic mass is 35.5. The van der Waals surface area contributed by atoms with E-state index in [1.54, 1.807) is 6.07 Å². The molecule has 1 amide bonds. The van der Waals surface area contributed by atoms with Crippen LogP contribution in [0.3, 0.4) is 0 Å². The van der Waals surface area contributed by atoms with Gasteiger partial charge in [0, 0.05) is 18.8 Å². The van der Waals surface area contributed by atoms with E-state index in [9.17, 15) is 4.79 Å². The number of rotatable bonds is 6. The first kappa shape index (κ1) is 16.1. The van der Waals surface area contributed by atoms with Crippen molar-refractivity contribution >= 4 is 40.1 Å². The molecule has 1 N–H and O–H groups in total. The first-order valence-electron chi connectivity index (χ1n) is 6.99. The summed E-state index contributed by atoms with van der Waals surface area (Å²) in [5, 5.41) is 3.51. The molecule has 6 heteroatoms. The summed E-state index contributed by atoms with van der Waals surface area (Å²) in [6.07, 6.45) is 0.601. The van der Waals surface area contributed by atoms with Gasteiger partial charge < -0.3 is 9.88 Å². The lowest BCUT2D eigenvalue weighted by Crippen LogP contribution is -2.31. The Morgan fingerprint density at radius 1 is 1.43 bits per heavy atom. The van der Waals surface area contributed by atoms with Gasteiger partial charge in [0.2, 0.25) is 5.91 Å². The molecule has 1 aromatic carbocycles. The van der Waals surface area contributed by atoms with Crippen molar-refractivity contribution in [1.82, 2.24) is 14.9 Å². The second-order valence-electron chi connectivity index (χ2n) is 5.36. The Bertz CT molecular complexity index is 637. The van der Waals surface area contributed by atoms with Crippen LogP contribution in [0, 0.1) is 5.92 Å². The van der Waals surface area contributed by atoms with E-state index in [2.05, 4.69) is 24.1 Å². The number of carbonyl (C=O) groups excluding carboxylic acids is 1. The average Bonchev–Trinajstić information content (AvgIpc) is 2.76. The number of carbonyl (C=O) groups is 1. The molecule has 0 aliphatic heterocycles. The number of hydrogen-bond acceptors (Lipinski definition) is 2. The minimum absolute atomic E-state index is 0.0428. The molecule has 0 saturated heterocycles. The number of aromatic nitrogens is 2. The Balaban J connectivity index is 2.31. The Hall–Kier alpha value is -1.26. The number of nitrogens with zero attached hydrogens (tertiary/aromatic N) is 2. The number of aryl methyl sites for hydroxylation is 1. The maximum Gasteiger partial charge on any atom is 0.240 e. The largest absolute Gasteiger partial charge is 0.354 e. The molecule has 4 nitrogen and oxygen atoms in total. The van der Waals surface area contributed by atoms with Crippen molar-refractivity contribution in [2.24, 2.45) is 5.92 Å². The van der Waals surface area contributed by atoms with Gasteiger partial charge in [-0.3, -0.25) is 4.79 Å². The fraction of sp³-hybridized carbons (Fsp3) is 0.467. The van der Waals surface area contributed by atoms with E-state index in [1.165, 1.54) is 0 Å². The van der Waals surface area contributed by atoms with Crippen molar-refractivity contribution in [3.63, 3.8) is 0 Å². The number of amides is 1. The molecule has 0 unspecified atom stereocenters. The number of para-hydroxylation sites is 1. The Morgan fingerprint density at radius 3 is 2.86 bits per heavy atom. The van der Waals surface area contributed by atoms with Gasteiger partial charge in [-0.15, -0.1) is 11.6 Å². The van der Waals surface area contributed by atoms with Crippen molar-refractivity contribution in [2.45, 2.75) is 26.8 Å². The van der Waals surface area contributed by atoms with Gasteiger partial charge in [0.15, 0.2) is 0 Å². The third kappa shape index (κ3) is 3.89. The van der Waals surface area contributed by atoms with Crippen LogP contribution in [0.2, 0.25) is 5.02 Å². The van der Waals surface area contributed by atoms with Crippen molar-refractivity contribution in [3.8, 4) is 0 Å². The lowest BCUT2D eigenvalue weighted by Gasteiger charge is -2.11. The fourth-order valence-electron chi connectivity index (χ4n) is 2.15. The summed E-state index contributed by atoms with van der Waals surface area (Å²) < 4.78 is 1.86. The molecular weight excluding hydrogens is 309 g/mol. The zero-order valence-corrected chi connectivity index (χ0v) is 13.7. The molecule has 0 saturated carbocycles. The van der Waals surface area contributed by atoms with Crippen molar-refractivity contribution in [2.75, 3.05) is 12.4 Å². The Labute approximate surface area is 134 Å². The van der Waals surface area contributed by atoms with E-state index in [0.29, 0.717) is 29.8 Å². The third-order valence-corrected chi connectivity index (χ3v) is 3.62. The summed E-state index contributed by atoms with van der Waals surface area (Å²) in [6.45, 7) is 4.98. The van der Waals surface area contributed by atoms with E-state index in [1.807, 2.05) is 16.7 Å². The lowest BCUT2D eigenvalue weighted by atomic mass is 10.2. The van der Waals surface area contributed by atoms with Crippen LogP contribution in [0.25, 0.3) is 11.0 Å². The van der Waals surface area contributed by atoms with Gasteiger partial charge in [-0.05, 0) is 18.1 Å². The predicted molar refractivity (Wildman–Crippen MR) is 87.0 cm³/mol. The molecule has 0 aliphatic rings. The first-order chi connectivity index (χ1) is 10.0. The van der Waals surface area contributed by atoms with Gasteiger partial charge in [-0.2, -0.15) is 0 Å². The number of hydrogen-bond donors (Lipinski definition) is 1. The fourth-order valence-corrected chi connectivity index (χ4v) is 2.59. The molecule has 0 atom stereocenters. The van der Waals surface area contributed by atoms with Gasteiger partial charge in [-0.1, -0.05) is 31.5 Å². The van der Waals surface area contributed by atoms with Crippen molar-refractivity contribution < 1.29 is 4.79 Å². The second-order valence-corrected chi connectivity index (χ2v) is 6.14. The Kier molecular flexibility index (Phi) is 5.48.